The van der Waals surface area contributed by atoms with Crippen LogP contribution in [-0.2, 0) is 16.1 Å². The van der Waals surface area contributed by atoms with Crippen LogP contribution in [0.1, 0.15) is 56.6 Å². The summed E-state index contributed by atoms with van der Waals surface area (Å²) in [4.78, 5) is 25.1. The van der Waals surface area contributed by atoms with Crippen LogP contribution in [0.5, 0.6) is 0 Å². The minimum atomic E-state index is -0.802. The number of carboxylic acid groups (broad SMARTS) is 1. The van der Waals surface area contributed by atoms with Gasteiger partial charge in [0.15, 0.2) is 0 Å². The summed E-state index contributed by atoms with van der Waals surface area (Å²) < 4.78 is 1.61. The lowest BCUT2D eigenvalue weighted by atomic mass is 9.98. The zero-order valence-electron chi connectivity index (χ0n) is 12.6. The molecule has 1 aromatic rings. The molecule has 3 rings (SSSR count). The molecule has 0 bridgehead atoms. The van der Waals surface area contributed by atoms with Gasteiger partial charge in [-0.2, -0.15) is 0 Å². The van der Waals surface area contributed by atoms with E-state index in [0.29, 0.717) is 18.9 Å². The van der Waals surface area contributed by atoms with E-state index >= 15 is 0 Å². The molecule has 120 valence electrons. The maximum absolute atomic E-state index is 12.5. The van der Waals surface area contributed by atoms with Gasteiger partial charge in [0.05, 0.1) is 5.69 Å². The molecule has 1 atom stereocenters. The van der Waals surface area contributed by atoms with Crippen LogP contribution in [0, 0.1) is 0 Å². The van der Waals surface area contributed by atoms with Crippen molar-refractivity contribution in [3.8, 4) is 0 Å². The minimum absolute atomic E-state index is 0.0161. The minimum Gasteiger partial charge on any atom is -0.481 e. The molecule has 0 radical (unpaired) electrons. The standard InChI is InChI=1S/C15H22N4O3/c20-14(10-18-9-13(16-17-18)11-4-5-11)19-8-2-1-3-12(19)6-7-15(21)22/h9,11-12H,1-8,10H2,(H,21,22). The third-order valence-electron chi connectivity index (χ3n) is 4.49. The van der Waals surface area contributed by atoms with Crippen molar-refractivity contribution in [1.82, 2.24) is 19.9 Å². The number of carbonyl (C=O) groups is 2. The van der Waals surface area contributed by atoms with Gasteiger partial charge in [-0.25, -0.2) is 4.68 Å². The Morgan fingerprint density at radius 1 is 1.27 bits per heavy atom. The summed E-state index contributed by atoms with van der Waals surface area (Å²) in [5.41, 5.74) is 0.980. The Morgan fingerprint density at radius 2 is 2.09 bits per heavy atom. The molecule has 2 heterocycles. The zero-order valence-corrected chi connectivity index (χ0v) is 12.6. The maximum atomic E-state index is 12.5. The number of rotatable bonds is 6. The zero-order chi connectivity index (χ0) is 15.5. The van der Waals surface area contributed by atoms with E-state index < -0.39 is 5.97 Å². The lowest BCUT2D eigenvalue weighted by Crippen LogP contribution is -2.45. The number of aliphatic carboxylic acids is 1. The molecule has 1 amide bonds. The molecule has 0 aromatic carbocycles. The number of aromatic nitrogens is 3. The molecule has 1 aliphatic carbocycles. The summed E-state index contributed by atoms with van der Waals surface area (Å²) in [6, 6.07) is 0.0452. The van der Waals surface area contributed by atoms with Crippen LogP contribution in [0.25, 0.3) is 0 Å². The van der Waals surface area contributed by atoms with E-state index in [1.165, 1.54) is 0 Å². The molecule has 22 heavy (non-hydrogen) atoms. The summed E-state index contributed by atoms with van der Waals surface area (Å²) in [6.07, 6.45) is 7.78. The highest BCUT2D eigenvalue weighted by Gasteiger charge is 2.29. The molecule has 0 spiro atoms. The Bertz CT molecular complexity index is 553. The van der Waals surface area contributed by atoms with E-state index in [1.54, 1.807) is 4.68 Å². The second kappa shape index (κ2) is 6.46. The third kappa shape index (κ3) is 3.64. The van der Waals surface area contributed by atoms with Gasteiger partial charge in [0.25, 0.3) is 0 Å². The Kier molecular flexibility index (Phi) is 4.40. The van der Waals surface area contributed by atoms with Crippen molar-refractivity contribution in [2.75, 3.05) is 6.54 Å². The van der Waals surface area contributed by atoms with Crippen LogP contribution in [0.15, 0.2) is 6.20 Å². The number of nitrogens with zero attached hydrogens (tertiary/aromatic N) is 4. The van der Waals surface area contributed by atoms with Crippen molar-refractivity contribution in [2.45, 2.75) is 63.5 Å². The van der Waals surface area contributed by atoms with Crippen molar-refractivity contribution in [3.63, 3.8) is 0 Å². The first-order chi connectivity index (χ1) is 10.6. The van der Waals surface area contributed by atoms with Gasteiger partial charge in [0.1, 0.15) is 6.54 Å². The maximum Gasteiger partial charge on any atom is 0.303 e. The first-order valence-electron chi connectivity index (χ1n) is 8.05. The Balaban J connectivity index is 1.59. The number of piperidine rings is 1. The molecule has 1 unspecified atom stereocenters. The van der Waals surface area contributed by atoms with E-state index in [-0.39, 0.29) is 24.9 Å². The second-order valence-electron chi connectivity index (χ2n) is 6.28. The number of hydrogen-bond acceptors (Lipinski definition) is 4. The fourth-order valence-electron chi connectivity index (χ4n) is 3.11. The number of hydrogen-bond donors (Lipinski definition) is 1. The Hall–Kier alpha value is -1.92. The van der Waals surface area contributed by atoms with E-state index in [2.05, 4.69) is 10.3 Å². The summed E-state index contributed by atoms with van der Waals surface area (Å²) >= 11 is 0. The summed E-state index contributed by atoms with van der Waals surface area (Å²) in [5, 5.41) is 17.0. The fourth-order valence-corrected chi connectivity index (χ4v) is 3.11. The molecule has 2 aliphatic rings. The van der Waals surface area contributed by atoms with Crippen molar-refractivity contribution < 1.29 is 14.7 Å². The Morgan fingerprint density at radius 3 is 2.82 bits per heavy atom. The number of carboxylic acids is 1. The quantitative estimate of drug-likeness (QED) is 0.858. The van der Waals surface area contributed by atoms with Gasteiger partial charge < -0.3 is 10.0 Å². The molecule has 1 saturated heterocycles. The second-order valence-corrected chi connectivity index (χ2v) is 6.28. The van der Waals surface area contributed by atoms with Gasteiger partial charge in [-0.3, -0.25) is 9.59 Å². The van der Waals surface area contributed by atoms with Crippen molar-refractivity contribution >= 4 is 11.9 Å². The van der Waals surface area contributed by atoms with Gasteiger partial charge in [0, 0.05) is 31.1 Å². The van der Waals surface area contributed by atoms with Gasteiger partial charge in [-0.1, -0.05) is 5.21 Å². The van der Waals surface area contributed by atoms with Crippen molar-refractivity contribution in [1.29, 1.82) is 0 Å². The molecule has 2 fully saturated rings. The first-order valence-corrected chi connectivity index (χ1v) is 8.05. The van der Waals surface area contributed by atoms with Gasteiger partial charge in [-0.15, -0.1) is 5.10 Å². The van der Waals surface area contributed by atoms with Gasteiger partial charge in [-0.05, 0) is 38.5 Å². The van der Waals surface area contributed by atoms with E-state index in [0.717, 1.165) is 37.8 Å². The summed E-state index contributed by atoms with van der Waals surface area (Å²) in [6.45, 7) is 0.913. The first kappa shape index (κ1) is 15.0. The Labute approximate surface area is 129 Å². The van der Waals surface area contributed by atoms with Crippen LogP contribution in [0.4, 0.5) is 0 Å². The lowest BCUT2D eigenvalue weighted by molar-refractivity contribution is -0.140. The molecule has 7 heteroatoms. The number of amides is 1. The van der Waals surface area contributed by atoms with Gasteiger partial charge >= 0.3 is 5.97 Å². The van der Waals surface area contributed by atoms with E-state index in [4.69, 9.17) is 5.11 Å². The molecular weight excluding hydrogens is 284 g/mol. The van der Waals surface area contributed by atoms with E-state index in [1.807, 2.05) is 11.1 Å². The molecule has 1 aliphatic heterocycles. The average Bonchev–Trinajstić information content (AvgIpc) is 3.26. The summed E-state index contributed by atoms with van der Waals surface area (Å²) in [5.74, 6) is -0.257. The molecule has 1 aromatic heterocycles. The topological polar surface area (TPSA) is 88.3 Å². The molecular formula is C15H22N4O3. The predicted octanol–water partition coefficient (Wildman–Crippen LogP) is 1.40. The normalized spacial score (nSPS) is 21.8. The van der Waals surface area contributed by atoms with Gasteiger partial charge in [0.2, 0.25) is 5.91 Å². The van der Waals surface area contributed by atoms with Crippen LogP contribution < -0.4 is 0 Å². The molecule has 1 saturated carbocycles. The smallest absolute Gasteiger partial charge is 0.303 e. The van der Waals surface area contributed by atoms with Crippen molar-refractivity contribution in [2.24, 2.45) is 0 Å². The monoisotopic (exact) mass is 306 g/mol. The predicted molar refractivity (Wildman–Crippen MR) is 78.2 cm³/mol. The SMILES string of the molecule is O=C(O)CCC1CCCCN1C(=O)Cn1cc(C2CC2)nn1. The number of likely N-dealkylation sites (tertiary alicyclic amines) is 1. The average molecular weight is 306 g/mol. The summed E-state index contributed by atoms with van der Waals surface area (Å²) in [7, 11) is 0. The number of carbonyl (C=O) groups excluding carboxylic acids is 1. The highest BCUT2D eigenvalue weighted by atomic mass is 16.4. The van der Waals surface area contributed by atoms with Crippen LogP contribution in [0.3, 0.4) is 0 Å². The van der Waals surface area contributed by atoms with Crippen LogP contribution in [0.2, 0.25) is 0 Å². The fraction of sp³-hybridized carbons (Fsp3) is 0.733. The molecule has 1 N–H and O–H groups in total. The van der Waals surface area contributed by atoms with Crippen LogP contribution in [-0.4, -0.2) is 49.5 Å². The van der Waals surface area contributed by atoms with E-state index in [9.17, 15) is 9.59 Å². The highest BCUT2D eigenvalue weighted by Crippen LogP contribution is 2.38. The highest BCUT2D eigenvalue weighted by molar-refractivity contribution is 5.76. The lowest BCUT2D eigenvalue weighted by Gasteiger charge is -2.35. The molecule has 7 nitrogen and oxygen atoms in total. The van der Waals surface area contributed by atoms with Crippen LogP contribution >= 0.6 is 0 Å². The largest absolute Gasteiger partial charge is 0.481 e. The van der Waals surface area contributed by atoms with Crippen molar-refractivity contribution in [3.05, 3.63) is 11.9 Å². The third-order valence-corrected chi connectivity index (χ3v) is 4.49.